The first-order chi connectivity index (χ1) is 8.72. The van der Waals surface area contributed by atoms with Gasteiger partial charge in [-0.3, -0.25) is 4.68 Å². The summed E-state index contributed by atoms with van der Waals surface area (Å²) in [5.74, 6) is 2.41. The summed E-state index contributed by atoms with van der Waals surface area (Å²) >= 11 is 3.93. The largest absolute Gasteiger partial charge is 0.323 e. The molecule has 18 heavy (non-hydrogen) atoms. The number of nitrogens with two attached hydrogens (primary N) is 1. The number of fused-ring (bicyclic) bond motifs is 1. The molecule has 0 amide bonds. The van der Waals surface area contributed by atoms with Crippen LogP contribution >= 0.6 is 23.1 Å². The molecular formula is C13H17N3S2. The van der Waals surface area contributed by atoms with Gasteiger partial charge < -0.3 is 5.73 Å². The zero-order valence-corrected chi connectivity index (χ0v) is 12.1. The van der Waals surface area contributed by atoms with E-state index in [0.717, 1.165) is 12.2 Å². The zero-order valence-electron chi connectivity index (χ0n) is 10.4. The Balaban J connectivity index is 1.75. The highest BCUT2D eigenvalue weighted by molar-refractivity contribution is 7.98. The van der Waals surface area contributed by atoms with Crippen molar-refractivity contribution in [2.45, 2.75) is 24.6 Å². The summed E-state index contributed by atoms with van der Waals surface area (Å²) in [6, 6.07) is 2.42. The lowest BCUT2D eigenvalue weighted by Gasteiger charge is -2.08. The second-order valence-corrected chi connectivity index (χ2v) is 7.01. The Labute approximate surface area is 115 Å². The van der Waals surface area contributed by atoms with Gasteiger partial charge in [0.05, 0.1) is 6.20 Å². The topological polar surface area (TPSA) is 43.8 Å². The van der Waals surface area contributed by atoms with E-state index in [9.17, 15) is 0 Å². The number of thioether (sulfide) groups is 1. The molecule has 0 saturated carbocycles. The standard InChI is InChI=1S/C13H17N3S2/c1-16-7-9(6-15-16)4-11(14)13-5-10-8-17-3-2-12(10)18-13/h5-7,11H,2-4,8,14H2,1H3. The van der Waals surface area contributed by atoms with Gasteiger partial charge in [0.1, 0.15) is 0 Å². The Morgan fingerprint density at radius 3 is 3.17 bits per heavy atom. The lowest BCUT2D eigenvalue weighted by Crippen LogP contribution is -2.11. The van der Waals surface area contributed by atoms with Gasteiger partial charge in [0.2, 0.25) is 0 Å². The van der Waals surface area contributed by atoms with Crippen LogP contribution in [0.15, 0.2) is 18.5 Å². The van der Waals surface area contributed by atoms with Gasteiger partial charge >= 0.3 is 0 Å². The smallest absolute Gasteiger partial charge is 0.0522 e. The monoisotopic (exact) mass is 279 g/mol. The molecule has 1 atom stereocenters. The molecule has 2 aromatic heterocycles. The fraction of sp³-hybridized carbons (Fsp3) is 0.462. The fourth-order valence-corrected chi connectivity index (χ4v) is 4.66. The van der Waals surface area contributed by atoms with Crippen LogP contribution in [0, 0.1) is 0 Å². The molecule has 2 aromatic rings. The lowest BCUT2D eigenvalue weighted by molar-refractivity contribution is 0.732. The summed E-state index contributed by atoms with van der Waals surface area (Å²) in [4.78, 5) is 2.87. The third-order valence-electron chi connectivity index (χ3n) is 3.23. The number of nitrogens with zero attached hydrogens (tertiary/aromatic N) is 2. The summed E-state index contributed by atoms with van der Waals surface area (Å²) in [7, 11) is 1.94. The number of aromatic nitrogens is 2. The molecule has 3 nitrogen and oxygen atoms in total. The van der Waals surface area contributed by atoms with Crippen LogP contribution in [0.1, 0.15) is 26.9 Å². The van der Waals surface area contributed by atoms with E-state index < -0.39 is 0 Å². The predicted molar refractivity (Wildman–Crippen MR) is 78.0 cm³/mol. The molecule has 0 bridgehead atoms. The van der Waals surface area contributed by atoms with E-state index in [4.69, 9.17) is 5.73 Å². The molecule has 0 aliphatic carbocycles. The van der Waals surface area contributed by atoms with Crippen molar-refractivity contribution in [1.82, 2.24) is 9.78 Å². The van der Waals surface area contributed by atoms with E-state index in [1.807, 2.05) is 47.2 Å². The normalized spacial score (nSPS) is 16.6. The number of hydrogen-bond donors (Lipinski definition) is 1. The molecule has 96 valence electrons. The first-order valence-corrected chi connectivity index (χ1v) is 8.12. The maximum Gasteiger partial charge on any atom is 0.0522 e. The van der Waals surface area contributed by atoms with E-state index in [1.54, 1.807) is 4.88 Å². The summed E-state index contributed by atoms with van der Waals surface area (Å²) in [5, 5.41) is 4.19. The summed E-state index contributed by atoms with van der Waals surface area (Å²) < 4.78 is 1.83. The second-order valence-electron chi connectivity index (χ2n) is 4.73. The molecule has 3 heterocycles. The number of rotatable bonds is 3. The van der Waals surface area contributed by atoms with Crippen LogP contribution in [0.3, 0.4) is 0 Å². The van der Waals surface area contributed by atoms with Crippen molar-refractivity contribution < 1.29 is 0 Å². The van der Waals surface area contributed by atoms with Crippen molar-refractivity contribution in [3.8, 4) is 0 Å². The SMILES string of the molecule is Cn1cc(CC(N)c2cc3c(s2)CCSC3)cn1. The maximum absolute atomic E-state index is 6.31. The van der Waals surface area contributed by atoms with Crippen LogP contribution in [0.25, 0.3) is 0 Å². The van der Waals surface area contributed by atoms with Gasteiger partial charge in [-0.2, -0.15) is 16.9 Å². The molecule has 1 aliphatic heterocycles. The predicted octanol–water partition coefficient (Wildman–Crippen LogP) is 2.51. The second kappa shape index (κ2) is 5.07. The number of thiophene rings is 1. The van der Waals surface area contributed by atoms with Gasteiger partial charge in [-0.15, -0.1) is 11.3 Å². The van der Waals surface area contributed by atoms with Crippen molar-refractivity contribution in [3.63, 3.8) is 0 Å². The Morgan fingerprint density at radius 2 is 2.44 bits per heavy atom. The first-order valence-electron chi connectivity index (χ1n) is 6.14. The van der Waals surface area contributed by atoms with Gasteiger partial charge in [0.25, 0.3) is 0 Å². The van der Waals surface area contributed by atoms with Crippen LogP contribution in [-0.4, -0.2) is 15.5 Å². The van der Waals surface area contributed by atoms with E-state index in [0.29, 0.717) is 0 Å². The molecule has 0 spiro atoms. The van der Waals surface area contributed by atoms with Crippen LogP contribution in [0.4, 0.5) is 0 Å². The molecule has 0 fully saturated rings. The van der Waals surface area contributed by atoms with Crippen LogP contribution in [-0.2, 0) is 25.6 Å². The summed E-state index contributed by atoms with van der Waals surface area (Å²) in [6.45, 7) is 0. The highest BCUT2D eigenvalue weighted by Gasteiger charge is 2.17. The highest BCUT2D eigenvalue weighted by Crippen LogP contribution is 2.34. The van der Waals surface area contributed by atoms with E-state index in [2.05, 4.69) is 11.2 Å². The Hall–Kier alpha value is -0.780. The Morgan fingerprint density at radius 1 is 1.56 bits per heavy atom. The molecule has 1 unspecified atom stereocenters. The third-order valence-corrected chi connectivity index (χ3v) is 5.60. The van der Waals surface area contributed by atoms with Crippen molar-refractivity contribution in [2.75, 3.05) is 5.75 Å². The molecule has 0 aromatic carbocycles. The van der Waals surface area contributed by atoms with Gasteiger partial charge in [0, 0.05) is 34.8 Å². The molecule has 1 aliphatic rings. The maximum atomic E-state index is 6.31. The average molecular weight is 279 g/mol. The molecular weight excluding hydrogens is 262 g/mol. The third kappa shape index (κ3) is 2.48. The zero-order chi connectivity index (χ0) is 12.5. The number of hydrogen-bond acceptors (Lipinski definition) is 4. The fourth-order valence-electron chi connectivity index (χ4n) is 2.28. The Kier molecular flexibility index (Phi) is 3.46. The van der Waals surface area contributed by atoms with Crippen LogP contribution < -0.4 is 5.73 Å². The lowest BCUT2D eigenvalue weighted by atomic mass is 10.1. The summed E-state index contributed by atoms with van der Waals surface area (Å²) in [5.41, 5.74) is 9.04. The molecule has 2 N–H and O–H groups in total. The number of aryl methyl sites for hydroxylation is 2. The summed E-state index contributed by atoms with van der Waals surface area (Å²) in [6.07, 6.45) is 6.04. The van der Waals surface area contributed by atoms with Gasteiger partial charge in [-0.25, -0.2) is 0 Å². The van der Waals surface area contributed by atoms with Crippen molar-refractivity contribution in [1.29, 1.82) is 0 Å². The van der Waals surface area contributed by atoms with Gasteiger partial charge in [-0.1, -0.05) is 0 Å². The van der Waals surface area contributed by atoms with Gasteiger partial charge in [0.15, 0.2) is 0 Å². The minimum Gasteiger partial charge on any atom is -0.323 e. The highest BCUT2D eigenvalue weighted by atomic mass is 32.2. The molecule has 3 rings (SSSR count). The molecule has 5 heteroatoms. The quantitative estimate of drug-likeness (QED) is 0.939. The molecule has 0 saturated heterocycles. The van der Waals surface area contributed by atoms with E-state index in [-0.39, 0.29) is 6.04 Å². The van der Waals surface area contributed by atoms with Crippen molar-refractivity contribution in [3.05, 3.63) is 39.3 Å². The van der Waals surface area contributed by atoms with E-state index >= 15 is 0 Å². The average Bonchev–Trinajstić information content (AvgIpc) is 2.95. The van der Waals surface area contributed by atoms with Crippen LogP contribution in [0.2, 0.25) is 0 Å². The van der Waals surface area contributed by atoms with Crippen molar-refractivity contribution >= 4 is 23.1 Å². The minimum atomic E-state index is 0.106. The molecule has 0 radical (unpaired) electrons. The van der Waals surface area contributed by atoms with Gasteiger partial charge in [-0.05, 0) is 35.8 Å². The minimum absolute atomic E-state index is 0.106. The van der Waals surface area contributed by atoms with Crippen LogP contribution in [0.5, 0.6) is 0 Å². The first kappa shape index (κ1) is 12.3. The van der Waals surface area contributed by atoms with E-state index in [1.165, 1.54) is 28.2 Å². The van der Waals surface area contributed by atoms with Crippen molar-refractivity contribution in [2.24, 2.45) is 12.8 Å². The Bertz CT molecular complexity index is 521.